The minimum atomic E-state index is -0.287. The number of hydrogen-bond donors (Lipinski definition) is 0. The maximum atomic E-state index is 11.9. The highest BCUT2D eigenvalue weighted by Gasteiger charge is 2.24. The number of rotatable bonds is 4. The number of carbonyl (C=O) groups excluding carboxylic acids is 1. The van der Waals surface area contributed by atoms with Gasteiger partial charge in [0.1, 0.15) is 5.75 Å². The summed E-state index contributed by atoms with van der Waals surface area (Å²) in [5, 5.41) is 0. The van der Waals surface area contributed by atoms with E-state index in [-0.39, 0.29) is 5.97 Å². The molecule has 0 bridgehead atoms. The predicted octanol–water partition coefficient (Wildman–Crippen LogP) is 4.35. The molecule has 1 aliphatic carbocycles. The highest BCUT2D eigenvalue weighted by molar-refractivity contribution is 5.91. The van der Waals surface area contributed by atoms with Crippen LogP contribution in [0.1, 0.15) is 59.5 Å². The van der Waals surface area contributed by atoms with E-state index in [9.17, 15) is 4.79 Å². The standard InChI is InChI=1S/C17H22O3/c1-4-20-15-11-10-14(17(18)19-3)12(2)16(15)13-8-6-5-7-9-13/h4,10-11,13H,1,5-9H2,2-3H3. The third kappa shape index (κ3) is 2.87. The van der Waals surface area contributed by atoms with Gasteiger partial charge in [0.2, 0.25) is 0 Å². The Balaban J connectivity index is 2.47. The molecule has 3 nitrogen and oxygen atoms in total. The molecule has 1 fully saturated rings. The monoisotopic (exact) mass is 274 g/mol. The van der Waals surface area contributed by atoms with Crippen LogP contribution in [0.4, 0.5) is 0 Å². The molecule has 3 heteroatoms. The van der Waals surface area contributed by atoms with E-state index >= 15 is 0 Å². The number of methoxy groups -OCH3 is 1. The van der Waals surface area contributed by atoms with Gasteiger partial charge in [-0.1, -0.05) is 25.8 Å². The molecule has 0 aromatic heterocycles. The van der Waals surface area contributed by atoms with E-state index < -0.39 is 0 Å². The van der Waals surface area contributed by atoms with Crippen molar-refractivity contribution in [2.24, 2.45) is 0 Å². The lowest BCUT2D eigenvalue weighted by atomic mass is 9.81. The lowest BCUT2D eigenvalue weighted by molar-refractivity contribution is 0.0599. The molecule has 0 radical (unpaired) electrons. The van der Waals surface area contributed by atoms with Gasteiger partial charge in [-0.15, -0.1) is 0 Å². The van der Waals surface area contributed by atoms with Crippen LogP contribution < -0.4 is 4.74 Å². The summed E-state index contributed by atoms with van der Waals surface area (Å²) in [4.78, 5) is 11.9. The Bertz CT molecular complexity index is 499. The molecule has 1 aromatic carbocycles. The lowest BCUT2D eigenvalue weighted by Crippen LogP contribution is -2.12. The van der Waals surface area contributed by atoms with Crippen molar-refractivity contribution in [3.8, 4) is 5.75 Å². The van der Waals surface area contributed by atoms with Gasteiger partial charge in [0.25, 0.3) is 0 Å². The Morgan fingerprint density at radius 3 is 2.60 bits per heavy atom. The Kier molecular flexibility index (Phi) is 4.83. The molecule has 2 rings (SSSR count). The van der Waals surface area contributed by atoms with Crippen LogP contribution in [0.5, 0.6) is 5.75 Å². The second kappa shape index (κ2) is 6.60. The van der Waals surface area contributed by atoms with Crippen molar-refractivity contribution < 1.29 is 14.3 Å². The molecule has 0 aliphatic heterocycles. The van der Waals surface area contributed by atoms with Crippen molar-refractivity contribution >= 4 is 5.97 Å². The third-order valence-corrected chi connectivity index (χ3v) is 4.10. The van der Waals surface area contributed by atoms with Crippen molar-refractivity contribution in [2.45, 2.75) is 44.9 Å². The fraction of sp³-hybridized carbons (Fsp3) is 0.471. The number of ether oxygens (including phenoxy) is 2. The van der Waals surface area contributed by atoms with Crippen LogP contribution in [0.25, 0.3) is 0 Å². The average molecular weight is 274 g/mol. The normalized spacial score (nSPS) is 15.7. The number of benzene rings is 1. The maximum absolute atomic E-state index is 11.9. The summed E-state index contributed by atoms with van der Waals surface area (Å²) in [7, 11) is 1.41. The van der Waals surface area contributed by atoms with Crippen LogP contribution in [0.2, 0.25) is 0 Å². The van der Waals surface area contributed by atoms with Crippen molar-refractivity contribution in [2.75, 3.05) is 7.11 Å². The van der Waals surface area contributed by atoms with E-state index in [0.717, 1.165) is 29.7 Å². The number of hydrogen-bond acceptors (Lipinski definition) is 3. The zero-order valence-corrected chi connectivity index (χ0v) is 12.3. The van der Waals surface area contributed by atoms with E-state index in [2.05, 4.69) is 6.58 Å². The van der Waals surface area contributed by atoms with Crippen LogP contribution >= 0.6 is 0 Å². The van der Waals surface area contributed by atoms with Crippen molar-refractivity contribution in [1.29, 1.82) is 0 Å². The minimum Gasteiger partial charge on any atom is -0.465 e. The zero-order chi connectivity index (χ0) is 14.5. The van der Waals surface area contributed by atoms with E-state index in [0.29, 0.717) is 11.5 Å². The van der Waals surface area contributed by atoms with E-state index in [1.165, 1.54) is 32.6 Å². The summed E-state index contributed by atoms with van der Waals surface area (Å²) in [6.07, 6.45) is 7.51. The number of esters is 1. The molecule has 0 amide bonds. The van der Waals surface area contributed by atoms with E-state index in [4.69, 9.17) is 9.47 Å². The van der Waals surface area contributed by atoms with Gasteiger partial charge in [0.15, 0.2) is 0 Å². The molecule has 0 unspecified atom stereocenters. The fourth-order valence-corrected chi connectivity index (χ4v) is 3.13. The van der Waals surface area contributed by atoms with Crippen molar-refractivity contribution in [3.63, 3.8) is 0 Å². The second-order valence-electron chi connectivity index (χ2n) is 5.26. The summed E-state index contributed by atoms with van der Waals surface area (Å²) in [6, 6.07) is 3.62. The minimum absolute atomic E-state index is 0.287. The molecular weight excluding hydrogens is 252 g/mol. The molecule has 108 valence electrons. The number of carbonyl (C=O) groups is 1. The molecule has 0 spiro atoms. The summed E-state index contributed by atoms with van der Waals surface area (Å²) in [6.45, 7) is 5.61. The Labute approximate surface area is 120 Å². The lowest BCUT2D eigenvalue weighted by Gasteiger charge is -2.26. The maximum Gasteiger partial charge on any atom is 0.338 e. The summed E-state index contributed by atoms with van der Waals surface area (Å²) >= 11 is 0. The van der Waals surface area contributed by atoms with Crippen LogP contribution in [-0.2, 0) is 4.74 Å². The molecule has 0 N–H and O–H groups in total. The molecule has 1 aromatic rings. The van der Waals surface area contributed by atoms with E-state index in [1.54, 1.807) is 6.07 Å². The zero-order valence-electron chi connectivity index (χ0n) is 12.3. The van der Waals surface area contributed by atoms with Gasteiger partial charge >= 0.3 is 5.97 Å². The van der Waals surface area contributed by atoms with Crippen LogP contribution in [-0.4, -0.2) is 13.1 Å². The Hall–Kier alpha value is -1.77. The molecule has 0 heterocycles. The first-order chi connectivity index (χ1) is 9.69. The quantitative estimate of drug-likeness (QED) is 0.605. The smallest absolute Gasteiger partial charge is 0.338 e. The first kappa shape index (κ1) is 14.6. The average Bonchev–Trinajstić information content (AvgIpc) is 2.48. The van der Waals surface area contributed by atoms with Crippen molar-refractivity contribution in [3.05, 3.63) is 41.7 Å². The Morgan fingerprint density at radius 2 is 2.00 bits per heavy atom. The molecule has 1 saturated carbocycles. The van der Waals surface area contributed by atoms with Gasteiger partial charge < -0.3 is 9.47 Å². The molecule has 0 atom stereocenters. The van der Waals surface area contributed by atoms with Gasteiger partial charge in [0, 0.05) is 5.56 Å². The van der Waals surface area contributed by atoms with Gasteiger partial charge in [-0.05, 0) is 43.4 Å². The van der Waals surface area contributed by atoms with Crippen LogP contribution in [0, 0.1) is 6.92 Å². The second-order valence-corrected chi connectivity index (χ2v) is 5.26. The first-order valence-corrected chi connectivity index (χ1v) is 7.18. The van der Waals surface area contributed by atoms with Gasteiger partial charge in [-0.25, -0.2) is 4.79 Å². The largest absolute Gasteiger partial charge is 0.465 e. The predicted molar refractivity (Wildman–Crippen MR) is 79.2 cm³/mol. The molecule has 0 saturated heterocycles. The SMILES string of the molecule is C=COc1ccc(C(=O)OC)c(C)c1C1CCCCC1. The van der Waals surface area contributed by atoms with Gasteiger partial charge in [-0.2, -0.15) is 0 Å². The Morgan fingerprint density at radius 1 is 1.30 bits per heavy atom. The van der Waals surface area contributed by atoms with Gasteiger partial charge in [0.05, 0.1) is 18.9 Å². The summed E-state index contributed by atoms with van der Waals surface area (Å²) in [5.41, 5.74) is 2.75. The topological polar surface area (TPSA) is 35.5 Å². The van der Waals surface area contributed by atoms with Crippen LogP contribution in [0.15, 0.2) is 25.0 Å². The third-order valence-electron chi connectivity index (χ3n) is 4.10. The highest BCUT2D eigenvalue weighted by atomic mass is 16.5. The highest BCUT2D eigenvalue weighted by Crippen LogP contribution is 2.40. The molecule has 20 heavy (non-hydrogen) atoms. The van der Waals surface area contributed by atoms with Gasteiger partial charge in [-0.3, -0.25) is 0 Å². The first-order valence-electron chi connectivity index (χ1n) is 7.18. The molecular formula is C17H22O3. The van der Waals surface area contributed by atoms with Crippen LogP contribution in [0.3, 0.4) is 0 Å². The van der Waals surface area contributed by atoms with Crippen molar-refractivity contribution in [1.82, 2.24) is 0 Å². The summed E-state index contributed by atoms with van der Waals surface area (Å²) < 4.78 is 10.4. The molecule has 1 aliphatic rings. The summed E-state index contributed by atoms with van der Waals surface area (Å²) in [5.74, 6) is 0.991. The van der Waals surface area contributed by atoms with E-state index in [1.807, 2.05) is 13.0 Å². The fourth-order valence-electron chi connectivity index (χ4n) is 3.13.